The summed E-state index contributed by atoms with van der Waals surface area (Å²) < 4.78 is 14.3. The minimum atomic E-state index is -2.85. The van der Waals surface area contributed by atoms with Crippen molar-refractivity contribution in [3.05, 3.63) is 118 Å². The van der Waals surface area contributed by atoms with Crippen LogP contribution in [-0.4, -0.2) is 28.9 Å². The number of benzene rings is 3. The van der Waals surface area contributed by atoms with Crippen LogP contribution in [0.4, 0.5) is 0 Å². The Kier molecular flexibility index (Phi) is 7.06. The Morgan fingerprint density at radius 1 is 0.935 bits per heavy atom. The van der Waals surface area contributed by atoms with Gasteiger partial charge in [0.15, 0.2) is 5.60 Å². The highest BCUT2D eigenvalue weighted by Crippen LogP contribution is 2.42. The number of rotatable bonds is 6. The van der Waals surface area contributed by atoms with Crippen molar-refractivity contribution in [3.8, 4) is 17.1 Å². The van der Waals surface area contributed by atoms with Gasteiger partial charge in [-0.05, 0) is 58.1 Å². The average Bonchev–Trinajstić information content (AvgIpc) is 3.43. The van der Waals surface area contributed by atoms with Gasteiger partial charge in [-0.15, -0.1) is 0 Å². The van der Waals surface area contributed by atoms with Gasteiger partial charge in [0.25, 0.3) is 5.56 Å². The summed E-state index contributed by atoms with van der Waals surface area (Å²) in [5.41, 5.74) is 2.74. The largest absolute Gasteiger partial charge is 0.534 e. The van der Waals surface area contributed by atoms with Crippen molar-refractivity contribution in [2.75, 3.05) is 0 Å². The molecule has 4 heterocycles. The number of aryl methyl sites for hydroxylation is 1. The predicted molar refractivity (Wildman–Crippen MR) is 182 cm³/mol. The normalized spacial score (nSPS) is 17.3. The van der Waals surface area contributed by atoms with E-state index in [1.807, 2.05) is 24.3 Å². The van der Waals surface area contributed by atoms with Crippen LogP contribution in [0.2, 0.25) is 5.04 Å². The standard InChI is InChI=1S/C38H38N2O5Si/c1-6-27-28-20-24(45-46(37(3,4)5,25-14-10-8-11-15-25)26-16-12-9-13-17-26)18-19-32(28)39-34-29(27)22-40-33(34)21-31-30(35(40)41)23-44-36(42)38(31,43)7-2/h8-21,43H,6-7,22-23H2,1-5H3/t38-/m0/s1. The summed E-state index contributed by atoms with van der Waals surface area (Å²) in [6.07, 6.45) is 0.834. The molecule has 0 saturated heterocycles. The first kappa shape index (κ1) is 30.1. The maximum atomic E-state index is 13.8. The van der Waals surface area contributed by atoms with Gasteiger partial charge in [0.1, 0.15) is 12.4 Å². The molecule has 2 aliphatic heterocycles. The molecule has 7 rings (SSSR count). The van der Waals surface area contributed by atoms with E-state index in [0.717, 1.165) is 34.2 Å². The van der Waals surface area contributed by atoms with Gasteiger partial charge in [-0.25, -0.2) is 9.78 Å². The smallest absolute Gasteiger partial charge is 0.343 e. The van der Waals surface area contributed by atoms with Crippen molar-refractivity contribution >= 4 is 35.6 Å². The van der Waals surface area contributed by atoms with E-state index in [-0.39, 0.29) is 23.6 Å². The predicted octanol–water partition coefficient (Wildman–Crippen LogP) is 5.58. The molecule has 2 aromatic heterocycles. The van der Waals surface area contributed by atoms with Crippen LogP contribution in [0.3, 0.4) is 0 Å². The lowest BCUT2D eigenvalue weighted by Gasteiger charge is -2.43. The fourth-order valence-electron chi connectivity index (χ4n) is 7.43. The van der Waals surface area contributed by atoms with Crippen LogP contribution in [0.1, 0.15) is 63.3 Å². The van der Waals surface area contributed by atoms with Gasteiger partial charge < -0.3 is 18.8 Å². The Hall–Kier alpha value is -4.53. The fourth-order valence-corrected chi connectivity index (χ4v) is 11.8. The van der Waals surface area contributed by atoms with Crippen LogP contribution in [0.5, 0.6) is 5.75 Å². The number of pyridine rings is 2. The van der Waals surface area contributed by atoms with Crippen molar-refractivity contribution in [2.45, 2.75) is 71.3 Å². The molecular weight excluding hydrogens is 593 g/mol. The summed E-state index contributed by atoms with van der Waals surface area (Å²) in [5.74, 6) is 0.0595. The van der Waals surface area contributed by atoms with Crippen LogP contribution in [0.25, 0.3) is 22.3 Å². The molecule has 0 bridgehead atoms. The number of esters is 1. The highest BCUT2D eigenvalue weighted by atomic mass is 28.4. The molecule has 8 heteroatoms. The van der Waals surface area contributed by atoms with Crippen LogP contribution in [-0.2, 0) is 34.7 Å². The van der Waals surface area contributed by atoms with Gasteiger partial charge in [-0.1, -0.05) is 95.3 Å². The van der Waals surface area contributed by atoms with Gasteiger partial charge >= 0.3 is 14.3 Å². The third kappa shape index (κ3) is 4.31. The molecule has 46 heavy (non-hydrogen) atoms. The number of hydrogen-bond acceptors (Lipinski definition) is 6. The van der Waals surface area contributed by atoms with E-state index in [1.165, 1.54) is 10.4 Å². The zero-order valence-corrected chi connectivity index (χ0v) is 27.9. The number of ether oxygens (including phenoxy) is 1. The number of hydrogen-bond donors (Lipinski definition) is 1. The van der Waals surface area contributed by atoms with Crippen molar-refractivity contribution in [2.24, 2.45) is 0 Å². The summed E-state index contributed by atoms with van der Waals surface area (Å²) in [4.78, 5) is 31.5. The van der Waals surface area contributed by atoms with Crippen molar-refractivity contribution < 1.29 is 19.1 Å². The van der Waals surface area contributed by atoms with Crippen molar-refractivity contribution in [3.63, 3.8) is 0 Å². The third-order valence-corrected chi connectivity index (χ3v) is 14.8. The second-order valence-electron chi connectivity index (χ2n) is 13.3. The second-order valence-corrected chi connectivity index (χ2v) is 17.5. The summed E-state index contributed by atoms with van der Waals surface area (Å²) in [6, 6.07) is 29.0. The van der Waals surface area contributed by atoms with E-state index in [2.05, 4.69) is 82.3 Å². The minimum Gasteiger partial charge on any atom is -0.534 e. The summed E-state index contributed by atoms with van der Waals surface area (Å²) in [7, 11) is -2.85. The molecule has 234 valence electrons. The lowest BCUT2D eigenvalue weighted by Crippen LogP contribution is -2.68. The van der Waals surface area contributed by atoms with E-state index in [4.69, 9.17) is 14.1 Å². The zero-order chi connectivity index (χ0) is 32.4. The fraction of sp³-hybridized carbons (Fsp3) is 0.289. The molecule has 2 aliphatic rings. The number of fused-ring (bicyclic) bond motifs is 5. The highest BCUT2D eigenvalue weighted by Gasteiger charge is 2.52. The van der Waals surface area contributed by atoms with Crippen molar-refractivity contribution in [1.29, 1.82) is 0 Å². The monoisotopic (exact) mass is 630 g/mol. The Balaban J connectivity index is 1.40. The summed E-state index contributed by atoms with van der Waals surface area (Å²) in [6.45, 7) is 10.8. The number of nitrogens with zero attached hydrogens (tertiary/aromatic N) is 2. The average molecular weight is 631 g/mol. The quantitative estimate of drug-likeness (QED) is 0.191. The second kappa shape index (κ2) is 10.8. The molecule has 0 saturated carbocycles. The molecule has 0 spiro atoms. The van der Waals surface area contributed by atoms with Crippen LogP contribution < -0.4 is 20.4 Å². The van der Waals surface area contributed by atoms with Crippen LogP contribution in [0, 0.1) is 0 Å². The first-order valence-corrected chi connectivity index (χ1v) is 17.9. The molecule has 1 atom stereocenters. The maximum Gasteiger partial charge on any atom is 0.343 e. The lowest BCUT2D eigenvalue weighted by atomic mass is 9.86. The first-order chi connectivity index (χ1) is 22.0. The Bertz CT molecular complexity index is 2030. The molecule has 1 N–H and O–H groups in total. The van der Waals surface area contributed by atoms with Gasteiger partial charge in [-0.2, -0.15) is 0 Å². The topological polar surface area (TPSA) is 90.6 Å². The maximum absolute atomic E-state index is 13.8. The number of aromatic nitrogens is 2. The van der Waals surface area contributed by atoms with E-state index >= 15 is 0 Å². The first-order valence-electron chi connectivity index (χ1n) is 16.0. The molecular formula is C38H38N2O5Si. The zero-order valence-electron chi connectivity index (χ0n) is 26.9. The number of carbonyl (C=O) groups excluding carboxylic acids is 1. The molecule has 7 nitrogen and oxygen atoms in total. The molecule has 3 aromatic carbocycles. The Morgan fingerprint density at radius 3 is 2.17 bits per heavy atom. The van der Waals surface area contributed by atoms with Gasteiger partial charge in [0.05, 0.1) is 29.0 Å². The molecule has 0 aliphatic carbocycles. The molecule has 0 radical (unpaired) electrons. The van der Waals surface area contributed by atoms with Crippen molar-refractivity contribution in [1.82, 2.24) is 9.55 Å². The number of carbonyl (C=O) groups is 1. The van der Waals surface area contributed by atoms with Gasteiger partial charge in [0.2, 0.25) is 0 Å². The molecule has 5 aromatic rings. The minimum absolute atomic E-state index is 0.105. The summed E-state index contributed by atoms with van der Waals surface area (Å²) >= 11 is 0. The van der Waals surface area contributed by atoms with Crippen LogP contribution in [0.15, 0.2) is 89.7 Å². The van der Waals surface area contributed by atoms with E-state index in [1.54, 1.807) is 17.6 Å². The molecule has 0 amide bonds. The molecule has 0 unspecified atom stereocenters. The molecule has 0 fully saturated rings. The number of aliphatic hydroxyl groups is 1. The summed E-state index contributed by atoms with van der Waals surface area (Å²) in [5, 5.41) is 14.5. The van der Waals surface area contributed by atoms with E-state index in [0.29, 0.717) is 29.1 Å². The van der Waals surface area contributed by atoms with Gasteiger partial charge in [-0.3, -0.25) is 4.79 Å². The van der Waals surface area contributed by atoms with E-state index < -0.39 is 19.9 Å². The van der Waals surface area contributed by atoms with Crippen LogP contribution >= 0.6 is 0 Å². The third-order valence-electron chi connectivity index (χ3n) is 9.82. The highest BCUT2D eigenvalue weighted by molar-refractivity contribution is 7.00. The number of cyclic esters (lactones) is 1. The Labute approximate surface area is 269 Å². The Morgan fingerprint density at radius 2 is 1.59 bits per heavy atom. The van der Waals surface area contributed by atoms with E-state index in [9.17, 15) is 14.7 Å². The SMILES string of the molecule is CCc1c2c(nc3ccc(O[Si](c4ccccc4)(c4ccccc4)C(C)(C)C)cc13)-c1cc3c(c(=O)n1C2)COC(=O)[C@]3(O)CC. The van der Waals surface area contributed by atoms with Gasteiger partial charge in [0, 0.05) is 16.5 Å². The lowest BCUT2D eigenvalue weighted by molar-refractivity contribution is -0.172.